The van der Waals surface area contributed by atoms with E-state index in [1.165, 1.54) is 36.4 Å². The van der Waals surface area contributed by atoms with Crippen LogP contribution >= 0.6 is 46.4 Å². The van der Waals surface area contributed by atoms with Crippen LogP contribution in [0.25, 0.3) is 0 Å². The van der Waals surface area contributed by atoms with Gasteiger partial charge in [-0.25, -0.2) is 0 Å². The highest BCUT2D eigenvalue weighted by Gasteiger charge is 2.25. The molecule has 3 aromatic carbocycles. The van der Waals surface area contributed by atoms with Gasteiger partial charge in [0.05, 0.1) is 15.0 Å². The van der Waals surface area contributed by atoms with E-state index in [9.17, 15) is 15.4 Å². The molecule has 0 aliphatic heterocycles. The Balaban J connectivity index is 2.11. The fraction of sp³-hybridized carbons (Fsp3) is 0. The molecule has 0 amide bonds. The summed E-state index contributed by atoms with van der Waals surface area (Å²) in [6.07, 6.45) is 0. The lowest BCUT2D eigenvalue weighted by Gasteiger charge is -2.14. The molecule has 0 aromatic heterocycles. The SMILES string of the molecule is N#Cc1c(Oc2ccc(Cl)cc2Cl)ccc([N+](=O)[O-])c1Oc1ccc(Cl)cc1Cl. The van der Waals surface area contributed by atoms with Gasteiger partial charge < -0.3 is 9.47 Å². The summed E-state index contributed by atoms with van der Waals surface area (Å²) in [6.45, 7) is 0. The minimum absolute atomic E-state index is 0.00223. The van der Waals surface area contributed by atoms with Gasteiger partial charge in [0.15, 0.2) is 0 Å². The molecule has 0 bridgehead atoms. The maximum Gasteiger partial charge on any atom is 0.313 e. The first-order valence-electron chi connectivity index (χ1n) is 7.77. The Labute approximate surface area is 184 Å². The highest BCUT2D eigenvalue weighted by atomic mass is 35.5. The van der Waals surface area contributed by atoms with E-state index in [0.717, 1.165) is 6.07 Å². The van der Waals surface area contributed by atoms with Gasteiger partial charge in [0.1, 0.15) is 28.9 Å². The smallest absolute Gasteiger partial charge is 0.313 e. The number of nitro benzene ring substituents is 1. The second-order valence-corrected chi connectivity index (χ2v) is 7.20. The van der Waals surface area contributed by atoms with E-state index in [0.29, 0.717) is 10.0 Å². The zero-order chi connectivity index (χ0) is 21.1. The summed E-state index contributed by atoms with van der Waals surface area (Å²) in [5.74, 6) is -0.0408. The van der Waals surface area contributed by atoms with Gasteiger partial charge in [-0.1, -0.05) is 46.4 Å². The molecule has 3 rings (SSSR count). The minimum Gasteiger partial charge on any atom is -0.454 e. The Hall–Kier alpha value is -2.69. The number of ether oxygens (including phenoxy) is 2. The molecule has 0 radical (unpaired) electrons. The Morgan fingerprint density at radius 3 is 1.83 bits per heavy atom. The second kappa shape index (κ2) is 8.76. The van der Waals surface area contributed by atoms with E-state index in [1.807, 2.05) is 6.07 Å². The molecule has 10 heteroatoms. The molecule has 0 saturated carbocycles. The van der Waals surface area contributed by atoms with E-state index in [1.54, 1.807) is 6.07 Å². The van der Waals surface area contributed by atoms with Crippen molar-refractivity contribution in [2.24, 2.45) is 0 Å². The zero-order valence-corrected chi connectivity index (χ0v) is 17.2. The molecular formula is C19H8Cl4N2O4. The van der Waals surface area contributed by atoms with E-state index in [4.69, 9.17) is 55.9 Å². The van der Waals surface area contributed by atoms with Crippen molar-refractivity contribution in [2.45, 2.75) is 0 Å². The summed E-state index contributed by atoms with van der Waals surface area (Å²) in [7, 11) is 0. The molecule has 0 spiro atoms. The third-order valence-corrected chi connectivity index (χ3v) is 4.69. The molecule has 146 valence electrons. The van der Waals surface area contributed by atoms with Crippen molar-refractivity contribution in [3.05, 3.63) is 84.3 Å². The maximum atomic E-state index is 11.5. The van der Waals surface area contributed by atoms with Gasteiger partial charge in [0, 0.05) is 16.1 Å². The number of hydrogen-bond acceptors (Lipinski definition) is 5. The van der Waals surface area contributed by atoms with Gasteiger partial charge in [-0.05, 0) is 42.5 Å². The van der Waals surface area contributed by atoms with Crippen LogP contribution in [0.1, 0.15) is 5.56 Å². The second-order valence-electron chi connectivity index (χ2n) is 5.51. The van der Waals surface area contributed by atoms with Crippen molar-refractivity contribution in [3.8, 4) is 29.1 Å². The Morgan fingerprint density at radius 1 is 0.828 bits per heavy atom. The van der Waals surface area contributed by atoms with Gasteiger partial charge in [-0.2, -0.15) is 5.26 Å². The fourth-order valence-electron chi connectivity index (χ4n) is 2.34. The van der Waals surface area contributed by atoms with Gasteiger partial charge >= 0.3 is 5.69 Å². The van der Waals surface area contributed by atoms with Crippen molar-refractivity contribution >= 4 is 52.1 Å². The highest BCUT2D eigenvalue weighted by Crippen LogP contribution is 2.43. The van der Waals surface area contributed by atoms with Crippen molar-refractivity contribution in [1.29, 1.82) is 5.26 Å². The normalized spacial score (nSPS) is 10.3. The van der Waals surface area contributed by atoms with E-state index < -0.39 is 10.6 Å². The average Bonchev–Trinajstić information content (AvgIpc) is 2.66. The number of halogens is 4. The lowest BCUT2D eigenvalue weighted by atomic mass is 10.1. The molecule has 0 saturated heterocycles. The average molecular weight is 470 g/mol. The molecule has 0 atom stereocenters. The molecule has 0 heterocycles. The number of nitriles is 1. The fourth-order valence-corrected chi connectivity index (χ4v) is 3.23. The quantitative estimate of drug-likeness (QED) is 0.282. The van der Waals surface area contributed by atoms with Crippen LogP contribution in [0, 0.1) is 21.4 Å². The standard InChI is InChI=1S/C19H8Cl4N2O4/c20-10-1-4-17(13(22)7-10)28-16-6-3-15(25(26)27)19(12(16)9-24)29-18-5-2-11(21)8-14(18)23/h1-8H. The van der Waals surface area contributed by atoms with Crippen LogP contribution in [0.2, 0.25) is 20.1 Å². The van der Waals surface area contributed by atoms with Crippen LogP contribution in [-0.4, -0.2) is 4.92 Å². The first-order valence-corrected chi connectivity index (χ1v) is 9.28. The molecule has 3 aromatic rings. The summed E-state index contributed by atoms with van der Waals surface area (Å²) in [5, 5.41) is 22.2. The highest BCUT2D eigenvalue weighted by molar-refractivity contribution is 6.36. The van der Waals surface area contributed by atoms with Crippen molar-refractivity contribution in [1.82, 2.24) is 0 Å². The summed E-state index contributed by atoms with van der Waals surface area (Å²) in [4.78, 5) is 10.8. The Kier molecular flexibility index (Phi) is 6.36. The van der Waals surface area contributed by atoms with Crippen molar-refractivity contribution in [3.63, 3.8) is 0 Å². The lowest BCUT2D eigenvalue weighted by molar-refractivity contribution is -0.385. The number of hydrogen-bond donors (Lipinski definition) is 0. The number of rotatable bonds is 5. The van der Waals surface area contributed by atoms with Gasteiger partial charge in [0.25, 0.3) is 0 Å². The van der Waals surface area contributed by atoms with E-state index >= 15 is 0 Å². The summed E-state index contributed by atoms with van der Waals surface area (Å²) in [5.41, 5.74) is -0.654. The lowest BCUT2D eigenvalue weighted by Crippen LogP contribution is -1.99. The van der Waals surface area contributed by atoms with Crippen LogP contribution in [0.15, 0.2) is 48.5 Å². The molecule has 29 heavy (non-hydrogen) atoms. The van der Waals surface area contributed by atoms with E-state index in [2.05, 4.69) is 0 Å². The molecule has 0 unspecified atom stereocenters. The number of benzene rings is 3. The third-order valence-electron chi connectivity index (χ3n) is 3.63. The number of nitro groups is 1. The molecule has 0 fully saturated rings. The van der Waals surface area contributed by atoms with Gasteiger partial charge in [-0.3, -0.25) is 10.1 Å². The first-order chi connectivity index (χ1) is 13.8. The largest absolute Gasteiger partial charge is 0.454 e. The minimum atomic E-state index is -0.682. The van der Waals surface area contributed by atoms with Crippen molar-refractivity contribution in [2.75, 3.05) is 0 Å². The predicted octanol–water partition coefficient (Wildman–Crippen LogP) is 7.66. The maximum absolute atomic E-state index is 11.5. The Bertz CT molecular complexity index is 1160. The summed E-state index contributed by atoms with van der Waals surface area (Å²) < 4.78 is 11.3. The van der Waals surface area contributed by atoms with Gasteiger partial charge in [-0.15, -0.1) is 0 Å². The Morgan fingerprint density at radius 2 is 1.34 bits per heavy atom. The van der Waals surface area contributed by atoms with Crippen LogP contribution in [-0.2, 0) is 0 Å². The number of nitrogens with zero attached hydrogens (tertiary/aromatic N) is 2. The van der Waals surface area contributed by atoms with Crippen LogP contribution in [0.5, 0.6) is 23.0 Å². The summed E-state index contributed by atoms with van der Waals surface area (Å²) in [6, 6.07) is 13.1. The molecule has 0 aliphatic rings. The van der Waals surface area contributed by atoms with Crippen molar-refractivity contribution < 1.29 is 14.4 Å². The van der Waals surface area contributed by atoms with Gasteiger partial charge in [0.2, 0.25) is 5.75 Å². The van der Waals surface area contributed by atoms with E-state index in [-0.39, 0.29) is 38.6 Å². The molecular weight excluding hydrogens is 462 g/mol. The van der Waals surface area contributed by atoms with Crippen LogP contribution in [0.4, 0.5) is 5.69 Å². The first kappa shape index (κ1) is 21.0. The predicted molar refractivity (Wildman–Crippen MR) is 111 cm³/mol. The molecule has 0 N–H and O–H groups in total. The summed E-state index contributed by atoms with van der Waals surface area (Å²) >= 11 is 23.9. The third kappa shape index (κ3) is 4.66. The topological polar surface area (TPSA) is 85.4 Å². The zero-order valence-electron chi connectivity index (χ0n) is 14.2. The van der Waals surface area contributed by atoms with Crippen LogP contribution in [0.3, 0.4) is 0 Å². The van der Waals surface area contributed by atoms with Crippen LogP contribution < -0.4 is 9.47 Å². The molecule has 0 aliphatic carbocycles. The molecule has 6 nitrogen and oxygen atoms in total. The monoisotopic (exact) mass is 468 g/mol.